The second-order valence-corrected chi connectivity index (χ2v) is 10.3. The van der Waals surface area contributed by atoms with E-state index in [9.17, 15) is 51.1 Å². The van der Waals surface area contributed by atoms with Gasteiger partial charge in [-0.15, -0.1) is 0 Å². The molecule has 0 aliphatic carbocycles. The summed E-state index contributed by atoms with van der Waals surface area (Å²) in [7, 11) is 0. The molecule has 0 saturated heterocycles. The Balaban J connectivity index is 1.53. The van der Waals surface area contributed by atoms with Crippen LogP contribution in [0.5, 0.6) is 57.5 Å². The van der Waals surface area contributed by atoms with Gasteiger partial charge in [-0.1, -0.05) is 12.1 Å². The number of hydrogen-bond acceptors (Lipinski definition) is 12. The van der Waals surface area contributed by atoms with E-state index in [1.54, 1.807) is 0 Å². The zero-order valence-corrected chi connectivity index (χ0v) is 21.6. The maximum Gasteiger partial charge on any atom is 0.166 e. The molecule has 2 aliphatic rings. The molecule has 12 heteroatoms. The Morgan fingerprint density at radius 1 is 0.548 bits per heavy atom. The average molecular weight is 579 g/mol. The standard InChI is InChI=1S/C30H26O12/c31-12-6-18(34)14-8-23(39)29(41-24(14)7-12)13-2-4-17(33)27(40)25(13)26-21(37)10-19(35)15-9-22(38)28(42-30(15)26)11-1-3-16(32)20(36)5-11/h1-7,10,22-23,28-29,31-40H,8-9H2. The molecule has 0 aromatic heterocycles. The SMILES string of the molecule is Oc1cc(O)c2c(c1)OC(c1ccc(O)c(O)c1-c1c(O)cc(O)c3c1OC(c1ccc(O)c(O)c1)C(O)C3)C(O)C2. The van der Waals surface area contributed by atoms with Gasteiger partial charge in [0.25, 0.3) is 0 Å². The maximum absolute atomic E-state index is 11.1. The Kier molecular flexibility index (Phi) is 6.24. The Bertz CT molecular complexity index is 1730. The highest BCUT2D eigenvalue weighted by Crippen LogP contribution is 2.56. The molecule has 2 heterocycles. The van der Waals surface area contributed by atoms with Gasteiger partial charge in [-0.25, -0.2) is 0 Å². The minimum atomic E-state index is -1.30. The lowest BCUT2D eigenvalue weighted by atomic mass is 9.85. The van der Waals surface area contributed by atoms with Crippen molar-refractivity contribution >= 4 is 0 Å². The Morgan fingerprint density at radius 2 is 1.21 bits per heavy atom. The van der Waals surface area contributed by atoms with Crippen molar-refractivity contribution in [3.63, 3.8) is 0 Å². The fraction of sp³-hybridized carbons (Fsp3) is 0.200. The first-order valence-corrected chi connectivity index (χ1v) is 12.8. The van der Waals surface area contributed by atoms with Gasteiger partial charge in [0.2, 0.25) is 0 Å². The van der Waals surface area contributed by atoms with E-state index in [1.165, 1.54) is 30.3 Å². The fourth-order valence-corrected chi connectivity index (χ4v) is 5.60. The van der Waals surface area contributed by atoms with Gasteiger partial charge in [-0.05, 0) is 23.8 Å². The number of fused-ring (bicyclic) bond motifs is 2. The summed E-state index contributed by atoms with van der Waals surface area (Å²) in [5, 5.41) is 105. The molecular formula is C30H26O12. The van der Waals surface area contributed by atoms with Crippen LogP contribution in [0.25, 0.3) is 11.1 Å². The van der Waals surface area contributed by atoms with Crippen molar-refractivity contribution in [2.45, 2.75) is 37.3 Å². The third kappa shape index (κ3) is 4.24. The number of rotatable bonds is 3. The second-order valence-electron chi connectivity index (χ2n) is 10.3. The number of benzene rings is 4. The number of ether oxygens (including phenoxy) is 2. The van der Waals surface area contributed by atoms with Crippen LogP contribution in [0.4, 0.5) is 0 Å². The first-order valence-electron chi connectivity index (χ1n) is 12.8. The van der Waals surface area contributed by atoms with Crippen LogP contribution >= 0.6 is 0 Å². The van der Waals surface area contributed by atoms with Crippen LogP contribution in [0.1, 0.15) is 34.5 Å². The van der Waals surface area contributed by atoms with Gasteiger partial charge in [-0.3, -0.25) is 0 Å². The molecule has 6 rings (SSSR count). The molecule has 4 atom stereocenters. The van der Waals surface area contributed by atoms with Crippen molar-refractivity contribution < 1.29 is 60.5 Å². The summed E-state index contributed by atoms with van der Waals surface area (Å²) in [5.74, 6) is -3.88. The highest BCUT2D eigenvalue weighted by Gasteiger charge is 2.39. The number of phenols is 8. The molecule has 0 spiro atoms. The minimum absolute atomic E-state index is 0.0600. The summed E-state index contributed by atoms with van der Waals surface area (Å²) in [5.41, 5.74) is 0.204. The molecule has 12 nitrogen and oxygen atoms in total. The average Bonchev–Trinajstić information content (AvgIpc) is 2.93. The summed E-state index contributed by atoms with van der Waals surface area (Å²) >= 11 is 0. The summed E-state index contributed by atoms with van der Waals surface area (Å²) in [6.45, 7) is 0. The minimum Gasteiger partial charge on any atom is -0.508 e. The summed E-state index contributed by atoms with van der Waals surface area (Å²) < 4.78 is 12.1. The zero-order chi connectivity index (χ0) is 30.0. The first-order chi connectivity index (χ1) is 19.9. The molecule has 42 heavy (non-hydrogen) atoms. The van der Waals surface area contributed by atoms with Gasteiger partial charge >= 0.3 is 0 Å². The molecule has 4 aromatic rings. The van der Waals surface area contributed by atoms with E-state index in [1.807, 2.05) is 0 Å². The van der Waals surface area contributed by atoms with Gasteiger partial charge < -0.3 is 60.5 Å². The van der Waals surface area contributed by atoms with Gasteiger partial charge in [-0.2, -0.15) is 0 Å². The number of hydrogen-bond donors (Lipinski definition) is 10. The van der Waals surface area contributed by atoms with E-state index in [2.05, 4.69) is 0 Å². The van der Waals surface area contributed by atoms with E-state index in [-0.39, 0.29) is 69.2 Å². The van der Waals surface area contributed by atoms with Crippen molar-refractivity contribution in [1.29, 1.82) is 0 Å². The zero-order valence-electron chi connectivity index (χ0n) is 21.6. The molecule has 10 N–H and O–H groups in total. The highest BCUT2D eigenvalue weighted by molar-refractivity contribution is 5.87. The van der Waals surface area contributed by atoms with Crippen molar-refractivity contribution in [3.8, 4) is 68.6 Å². The van der Waals surface area contributed by atoms with Crippen molar-refractivity contribution in [1.82, 2.24) is 0 Å². The van der Waals surface area contributed by atoms with Gasteiger partial charge in [0, 0.05) is 53.3 Å². The Labute approximate surface area is 237 Å². The van der Waals surface area contributed by atoms with Gasteiger partial charge in [0.1, 0.15) is 40.6 Å². The van der Waals surface area contributed by atoms with Crippen LogP contribution in [0.3, 0.4) is 0 Å². The molecule has 4 unspecified atom stereocenters. The van der Waals surface area contributed by atoms with Crippen molar-refractivity contribution in [2.24, 2.45) is 0 Å². The molecule has 2 aliphatic heterocycles. The van der Waals surface area contributed by atoms with Crippen LogP contribution in [0, 0.1) is 0 Å². The quantitative estimate of drug-likeness (QED) is 0.159. The van der Waals surface area contributed by atoms with E-state index in [0.29, 0.717) is 0 Å². The third-order valence-electron chi connectivity index (χ3n) is 7.61. The molecule has 0 saturated carbocycles. The molecule has 218 valence electrons. The molecule has 0 fully saturated rings. The van der Waals surface area contributed by atoms with Crippen LogP contribution in [0.2, 0.25) is 0 Å². The predicted molar refractivity (Wildman–Crippen MR) is 144 cm³/mol. The monoisotopic (exact) mass is 578 g/mol. The van der Waals surface area contributed by atoms with E-state index in [4.69, 9.17) is 9.47 Å². The molecule has 0 radical (unpaired) electrons. The number of aliphatic hydroxyl groups is 2. The van der Waals surface area contributed by atoms with Crippen LogP contribution in [0.15, 0.2) is 48.5 Å². The van der Waals surface area contributed by atoms with E-state index >= 15 is 0 Å². The second kappa shape index (κ2) is 9.72. The number of phenolic OH excluding ortho intramolecular Hbond substituents is 8. The fourth-order valence-electron chi connectivity index (χ4n) is 5.60. The summed E-state index contributed by atoms with van der Waals surface area (Å²) in [6.07, 6.45) is -5.26. The maximum atomic E-state index is 11.1. The van der Waals surface area contributed by atoms with E-state index in [0.717, 1.165) is 18.2 Å². The normalized spacial score (nSPS) is 21.1. The largest absolute Gasteiger partial charge is 0.508 e. The van der Waals surface area contributed by atoms with Crippen LogP contribution in [-0.4, -0.2) is 63.3 Å². The lowest BCUT2D eigenvalue weighted by Crippen LogP contribution is -2.31. The summed E-state index contributed by atoms with van der Waals surface area (Å²) in [4.78, 5) is 0. The van der Waals surface area contributed by atoms with Gasteiger partial charge in [0.15, 0.2) is 29.1 Å². The Morgan fingerprint density at radius 3 is 1.95 bits per heavy atom. The Hall–Kier alpha value is -5.20. The van der Waals surface area contributed by atoms with Gasteiger partial charge in [0.05, 0.1) is 17.8 Å². The first kappa shape index (κ1) is 27.0. The molecule has 0 amide bonds. The summed E-state index contributed by atoms with van der Waals surface area (Å²) in [6, 6.07) is 9.61. The topological polar surface area (TPSA) is 221 Å². The third-order valence-corrected chi connectivity index (χ3v) is 7.61. The molecular weight excluding hydrogens is 552 g/mol. The molecule has 4 aromatic carbocycles. The highest BCUT2D eigenvalue weighted by atomic mass is 16.5. The van der Waals surface area contributed by atoms with Crippen molar-refractivity contribution in [2.75, 3.05) is 0 Å². The van der Waals surface area contributed by atoms with Crippen LogP contribution < -0.4 is 9.47 Å². The van der Waals surface area contributed by atoms with Crippen LogP contribution in [-0.2, 0) is 12.8 Å². The smallest absolute Gasteiger partial charge is 0.166 e. The predicted octanol–water partition coefficient (Wildman–Crippen LogP) is 3.07. The number of aromatic hydroxyl groups is 8. The molecule has 0 bridgehead atoms. The lowest BCUT2D eigenvalue weighted by Gasteiger charge is -2.35. The van der Waals surface area contributed by atoms with Crippen molar-refractivity contribution in [3.05, 3.63) is 70.8 Å². The lowest BCUT2D eigenvalue weighted by molar-refractivity contribution is 0.0188. The van der Waals surface area contributed by atoms with E-state index < -0.39 is 58.9 Å². The number of aliphatic hydroxyl groups excluding tert-OH is 2.